The summed E-state index contributed by atoms with van der Waals surface area (Å²) in [4.78, 5) is 8.78. The van der Waals surface area contributed by atoms with Gasteiger partial charge in [-0.2, -0.15) is 0 Å². The average molecular weight is 320 g/mol. The van der Waals surface area contributed by atoms with Crippen LogP contribution in [0.25, 0.3) is 10.2 Å². The van der Waals surface area contributed by atoms with Crippen molar-refractivity contribution in [1.29, 1.82) is 0 Å². The Hall–Kier alpha value is -1.46. The molecule has 0 saturated carbocycles. The van der Waals surface area contributed by atoms with Gasteiger partial charge in [0.05, 0.1) is 22.1 Å². The Morgan fingerprint density at radius 2 is 2.11 bits per heavy atom. The van der Waals surface area contributed by atoms with Crippen LogP contribution in [0.1, 0.15) is 5.69 Å². The maximum Gasteiger partial charge on any atom is 0.188 e. The molecule has 0 unspecified atom stereocenters. The van der Waals surface area contributed by atoms with Crippen LogP contribution in [-0.2, 0) is 0 Å². The zero-order chi connectivity index (χ0) is 12.5. The molecule has 0 saturated heterocycles. The van der Waals surface area contributed by atoms with Crippen molar-refractivity contribution >= 4 is 48.3 Å². The normalized spacial score (nSPS) is 10.8. The van der Waals surface area contributed by atoms with Gasteiger partial charge in [0.2, 0.25) is 0 Å². The van der Waals surface area contributed by atoms with Gasteiger partial charge in [-0.1, -0.05) is 27.3 Å². The number of hydrogen-bond acceptors (Lipinski definition) is 4. The number of fused-ring (bicyclic) bond motifs is 1. The van der Waals surface area contributed by atoms with Crippen LogP contribution >= 0.6 is 27.3 Å². The van der Waals surface area contributed by atoms with Gasteiger partial charge in [0.25, 0.3) is 0 Å². The number of benzene rings is 1. The number of aryl methyl sites for hydroxylation is 1. The first-order valence-electron chi connectivity index (χ1n) is 5.46. The second-order valence-corrected chi connectivity index (χ2v) is 5.89. The lowest BCUT2D eigenvalue weighted by Crippen LogP contribution is -1.90. The van der Waals surface area contributed by atoms with Crippen molar-refractivity contribution in [1.82, 2.24) is 9.97 Å². The van der Waals surface area contributed by atoms with E-state index in [4.69, 9.17) is 0 Å². The Bertz CT molecular complexity index is 691. The molecule has 0 bridgehead atoms. The monoisotopic (exact) mass is 319 g/mol. The molecular formula is C13H10BrN3S. The first-order chi connectivity index (χ1) is 8.70. The Labute approximate surface area is 117 Å². The molecule has 5 heteroatoms. The van der Waals surface area contributed by atoms with Crippen LogP contribution in [0.5, 0.6) is 0 Å². The average Bonchev–Trinajstić information content (AvgIpc) is 2.73. The molecule has 3 rings (SSSR count). The van der Waals surface area contributed by atoms with Crippen molar-refractivity contribution in [2.75, 3.05) is 5.32 Å². The minimum atomic E-state index is 0.883. The van der Waals surface area contributed by atoms with Crippen molar-refractivity contribution in [3.8, 4) is 0 Å². The van der Waals surface area contributed by atoms with Crippen LogP contribution in [0, 0.1) is 6.92 Å². The zero-order valence-electron chi connectivity index (χ0n) is 9.64. The standard InChI is InChI=1S/C13H10BrN3S/c1-8-2-4-10(7-15-8)16-13-17-11-5-3-9(14)6-12(11)18-13/h2-7H,1H3,(H,16,17). The molecule has 0 spiro atoms. The van der Waals surface area contributed by atoms with Crippen LogP contribution in [-0.4, -0.2) is 9.97 Å². The number of halogens is 1. The SMILES string of the molecule is Cc1ccc(Nc2nc3ccc(Br)cc3s2)cn1. The van der Waals surface area contributed by atoms with Gasteiger partial charge in [0.15, 0.2) is 5.13 Å². The van der Waals surface area contributed by atoms with E-state index in [-0.39, 0.29) is 0 Å². The van der Waals surface area contributed by atoms with Crippen LogP contribution in [0.3, 0.4) is 0 Å². The second kappa shape index (κ2) is 4.66. The number of nitrogens with zero attached hydrogens (tertiary/aromatic N) is 2. The van der Waals surface area contributed by atoms with Gasteiger partial charge in [0.1, 0.15) is 0 Å². The summed E-state index contributed by atoms with van der Waals surface area (Å²) in [5, 5.41) is 4.15. The lowest BCUT2D eigenvalue weighted by molar-refractivity contribution is 1.20. The van der Waals surface area contributed by atoms with E-state index in [1.165, 1.54) is 0 Å². The van der Waals surface area contributed by atoms with E-state index in [2.05, 4.69) is 37.3 Å². The van der Waals surface area contributed by atoms with Gasteiger partial charge < -0.3 is 5.32 Å². The molecule has 3 aromatic rings. The summed E-state index contributed by atoms with van der Waals surface area (Å²) in [6.07, 6.45) is 1.82. The minimum absolute atomic E-state index is 0.883. The van der Waals surface area contributed by atoms with Crippen molar-refractivity contribution < 1.29 is 0 Å². The molecule has 1 N–H and O–H groups in total. The molecule has 0 radical (unpaired) electrons. The summed E-state index contributed by atoms with van der Waals surface area (Å²) in [6.45, 7) is 1.97. The highest BCUT2D eigenvalue weighted by atomic mass is 79.9. The van der Waals surface area contributed by atoms with E-state index in [0.717, 1.165) is 31.2 Å². The summed E-state index contributed by atoms with van der Waals surface area (Å²) in [5.74, 6) is 0. The highest BCUT2D eigenvalue weighted by molar-refractivity contribution is 9.10. The summed E-state index contributed by atoms with van der Waals surface area (Å²) < 4.78 is 2.23. The number of rotatable bonds is 2. The van der Waals surface area contributed by atoms with E-state index in [1.807, 2.05) is 37.4 Å². The highest BCUT2D eigenvalue weighted by Gasteiger charge is 2.04. The number of anilines is 2. The first-order valence-corrected chi connectivity index (χ1v) is 7.07. The van der Waals surface area contributed by atoms with Crippen molar-refractivity contribution in [2.24, 2.45) is 0 Å². The molecule has 0 aliphatic rings. The summed E-state index contributed by atoms with van der Waals surface area (Å²) in [5.41, 5.74) is 2.97. The number of nitrogens with one attached hydrogen (secondary N) is 1. The molecular weight excluding hydrogens is 310 g/mol. The third kappa shape index (κ3) is 2.37. The first kappa shape index (κ1) is 11.6. The van der Waals surface area contributed by atoms with Gasteiger partial charge >= 0.3 is 0 Å². The van der Waals surface area contributed by atoms with Crippen LogP contribution in [0.15, 0.2) is 41.0 Å². The molecule has 2 aromatic heterocycles. The summed E-state index contributed by atoms with van der Waals surface area (Å²) >= 11 is 5.10. The molecule has 1 aromatic carbocycles. The van der Waals surface area contributed by atoms with Gasteiger partial charge in [-0.15, -0.1) is 0 Å². The number of hydrogen-bond donors (Lipinski definition) is 1. The van der Waals surface area contributed by atoms with Crippen molar-refractivity contribution in [3.63, 3.8) is 0 Å². The van der Waals surface area contributed by atoms with Gasteiger partial charge in [-0.25, -0.2) is 4.98 Å². The maximum absolute atomic E-state index is 4.53. The molecule has 0 aliphatic heterocycles. The predicted octanol–water partition coefficient (Wildman–Crippen LogP) is 4.51. The van der Waals surface area contributed by atoms with E-state index in [9.17, 15) is 0 Å². The number of thiazole rings is 1. The van der Waals surface area contributed by atoms with E-state index < -0.39 is 0 Å². The molecule has 0 atom stereocenters. The Morgan fingerprint density at radius 1 is 1.22 bits per heavy atom. The van der Waals surface area contributed by atoms with E-state index in [0.29, 0.717) is 0 Å². The molecule has 0 amide bonds. The van der Waals surface area contributed by atoms with Crippen molar-refractivity contribution in [3.05, 3.63) is 46.7 Å². The fourth-order valence-electron chi connectivity index (χ4n) is 1.62. The fourth-order valence-corrected chi connectivity index (χ4v) is 3.06. The Morgan fingerprint density at radius 3 is 2.89 bits per heavy atom. The minimum Gasteiger partial charge on any atom is -0.330 e. The van der Waals surface area contributed by atoms with Gasteiger partial charge in [0, 0.05) is 10.2 Å². The van der Waals surface area contributed by atoms with E-state index >= 15 is 0 Å². The fraction of sp³-hybridized carbons (Fsp3) is 0.0769. The molecule has 90 valence electrons. The third-order valence-electron chi connectivity index (χ3n) is 2.51. The molecule has 0 aliphatic carbocycles. The van der Waals surface area contributed by atoms with Crippen LogP contribution in [0.4, 0.5) is 10.8 Å². The van der Waals surface area contributed by atoms with Gasteiger partial charge in [-0.3, -0.25) is 4.98 Å². The largest absolute Gasteiger partial charge is 0.330 e. The zero-order valence-corrected chi connectivity index (χ0v) is 12.0. The number of aromatic nitrogens is 2. The molecule has 18 heavy (non-hydrogen) atoms. The Kier molecular flexibility index (Phi) is 3.01. The molecule has 3 nitrogen and oxygen atoms in total. The van der Waals surface area contributed by atoms with Crippen molar-refractivity contribution in [2.45, 2.75) is 6.92 Å². The smallest absolute Gasteiger partial charge is 0.188 e. The molecule has 2 heterocycles. The quantitative estimate of drug-likeness (QED) is 0.755. The predicted molar refractivity (Wildman–Crippen MR) is 79.6 cm³/mol. The second-order valence-electron chi connectivity index (χ2n) is 3.94. The topological polar surface area (TPSA) is 37.8 Å². The highest BCUT2D eigenvalue weighted by Crippen LogP contribution is 2.30. The molecule has 0 fully saturated rings. The Balaban J connectivity index is 1.92. The third-order valence-corrected chi connectivity index (χ3v) is 3.94. The summed E-state index contributed by atoms with van der Waals surface area (Å²) in [7, 11) is 0. The lowest BCUT2D eigenvalue weighted by Gasteiger charge is -2.01. The van der Waals surface area contributed by atoms with Crippen LogP contribution < -0.4 is 5.32 Å². The van der Waals surface area contributed by atoms with E-state index in [1.54, 1.807) is 11.3 Å². The number of pyridine rings is 1. The maximum atomic E-state index is 4.53. The lowest BCUT2D eigenvalue weighted by atomic mass is 10.3. The van der Waals surface area contributed by atoms with Crippen LogP contribution in [0.2, 0.25) is 0 Å². The van der Waals surface area contributed by atoms with Gasteiger partial charge in [-0.05, 0) is 37.3 Å². The summed E-state index contributed by atoms with van der Waals surface area (Å²) in [6, 6.07) is 10.1.